The van der Waals surface area contributed by atoms with Gasteiger partial charge in [0.2, 0.25) is 35.4 Å². The smallest absolute Gasteiger partial charge is 0.457 e. The number of carboxylic acid groups (broad SMARTS) is 2. The van der Waals surface area contributed by atoms with E-state index in [4.69, 9.17) is 49.5 Å². The molecule has 0 aromatic carbocycles. The standard InChI is InChI=1S/C20H37BN2O6.C14H24N2O4.C13H21NO5.C8H17BN2O5/c1-13(24)23-15(17(26)27-18(2,3)4)14(16(25)22-9)11-10-12-21-28-19(5,6)20(7,8)29-21;1-7-8-10(12(18)15-6)11(16-9(2)17)13(19)20-14(3,4)5;1-6-7-9(11(16)17)10(14-8(2)15)12(18)19-13(3,4)5;1-11-7(12)5(6(10)8(13)14)3-2-4-9(15)16/h14-15H,10-12H2,1-9H3,(H,22,25)(H,23,24);7,10-11H,1,8H2,2-6H3,(H,15,18)(H,16,17);6,9-10H,1,7H2,2-5H3,(H,14,15)(H,16,17);5-6,15-16H,2-4,10H2,1H3,(H,11,12)(H,13,14)/t14-,15-;10-,11-;9?,10-;5-,6-/m0000/s1. The molecule has 29 heteroatoms. The van der Waals surface area contributed by atoms with Gasteiger partial charge in [0.15, 0.2) is 0 Å². The van der Waals surface area contributed by atoms with Crippen LogP contribution in [0.3, 0.4) is 0 Å². The van der Waals surface area contributed by atoms with Gasteiger partial charge >= 0.3 is 44.1 Å². The number of nitrogens with one attached hydrogen (secondary N) is 6. The quantitative estimate of drug-likeness (QED) is 0.0242. The number of aliphatic carboxylic acids is 2. The van der Waals surface area contributed by atoms with E-state index >= 15 is 0 Å². The summed E-state index contributed by atoms with van der Waals surface area (Å²) in [6.45, 7) is 34.1. The van der Waals surface area contributed by atoms with Crippen molar-refractivity contribution in [3.63, 3.8) is 0 Å². The normalized spacial score (nSPS) is 16.0. The maximum Gasteiger partial charge on any atom is 0.457 e. The number of hydrogen-bond acceptors (Lipinski definition) is 19. The first-order valence-electron chi connectivity index (χ1n) is 27.5. The average molecular weight is 1200 g/mol. The SMILES string of the molecule is C=CCC(C(=O)O)[C@H](NC(C)=O)C(=O)OC(C)(C)C.C=CC[C@H](C(=O)NC)[C@H](NC(C)=O)C(=O)OC(C)(C)C.CNC(=O)[C@@H](CCCB(O)O)[C@H](N)C(=O)O.CNC(=O)[C@@H](CCCB1OC(C)(C)C(C)(C)O1)[C@H](NC(C)=O)C(=O)OC(C)(C)C. The monoisotopic (exact) mass is 1200 g/mol. The third-order valence-electron chi connectivity index (χ3n) is 12.1. The number of carbonyl (C=O) groups excluding carboxylic acids is 9. The Hall–Kier alpha value is -6.42. The summed E-state index contributed by atoms with van der Waals surface area (Å²) >= 11 is 0. The molecule has 6 amide bonds. The van der Waals surface area contributed by atoms with E-state index < -0.39 is 136 Å². The Balaban J connectivity index is -0.00000107. The third kappa shape index (κ3) is 33.8. The van der Waals surface area contributed by atoms with Gasteiger partial charge in [0.1, 0.15) is 41.0 Å². The van der Waals surface area contributed by atoms with E-state index in [2.05, 4.69) is 45.1 Å². The van der Waals surface area contributed by atoms with Crippen molar-refractivity contribution in [1.29, 1.82) is 0 Å². The van der Waals surface area contributed by atoms with Gasteiger partial charge in [-0.15, -0.1) is 13.2 Å². The Morgan fingerprint density at radius 2 is 0.857 bits per heavy atom. The molecular formula is C55H99B2N7O20. The van der Waals surface area contributed by atoms with E-state index in [0.29, 0.717) is 25.6 Å². The summed E-state index contributed by atoms with van der Waals surface area (Å²) in [4.78, 5) is 128. The van der Waals surface area contributed by atoms with Gasteiger partial charge in [-0.3, -0.25) is 38.4 Å². The maximum absolute atomic E-state index is 12.7. The van der Waals surface area contributed by atoms with Gasteiger partial charge in [0.25, 0.3) is 0 Å². The van der Waals surface area contributed by atoms with Gasteiger partial charge in [-0.05, 0) is 128 Å². The second-order valence-corrected chi connectivity index (χ2v) is 23.7. The second-order valence-electron chi connectivity index (χ2n) is 23.7. The summed E-state index contributed by atoms with van der Waals surface area (Å²) < 4.78 is 27.8. The summed E-state index contributed by atoms with van der Waals surface area (Å²) in [6.07, 6.45) is 5.34. The van der Waals surface area contributed by atoms with Gasteiger partial charge in [0.05, 0.1) is 34.9 Å². The van der Waals surface area contributed by atoms with E-state index in [-0.39, 0.29) is 44.5 Å². The molecule has 84 heavy (non-hydrogen) atoms. The third-order valence-corrected chi connectivity index (χ3v) is 12.1. The van der Waals surface area contributed by atoms with Crippen molar-refractivity contribution in [2.45, 2.75) is 214 Å². The van der Waals surface area contributed by atoms with E-state index in [0.717, 1.165) is 0 Å². The summed E-state index contributed by atoms with van der Waals surface area (Å²) in [7, 11) is 2.53. The highest BCUT2D eigenvalue weighted by atomic mass is 16.7. The fraction of sp³-hybridized carbons (Fsp3) is 0.727. The molecule has 0 bridgehead atoms. The molecule has 0 spiro atoms. The lowest BCUT2D eigenvalue weighted by molar-refractivity contribution is -0.164. The molecule has 0 aromatic heterocycles. The van der Waals surface area contributed by atoms with Crippen LogP contribution in [0.4, 0.5) is 0 Å². The molecule has 0 aliphatic carbocycles. The molecule has 0 aromatic rings. The lowest BCUT2D eigenvalue weighted by Crippen LogP contribution is -2.52. The Morgan fingerprint density at radius 1 is 0.548 bits per heavy atom. The summed E-state index contributed by atoms with van der Waals surface area (Å²) in [5, 5.41) is 49.8. The number of allylic oxidation sites excluding steroid dienone is 2. The minimum atomic E-state index is -1.45. The number of esters is 3. The molecule has 1 aliphatic rings. The number of nitrogens with two attached hydrogens (primary N) is 1. The minimum absolute atomic E-state index is 0.0551. The molecule has 1 rings (SSSR count). The highest BCUT2D eigenvalue weighted by molar-refractivity contribution is 6.45. The van der Waals surface area contributed by atoms with E-state index in [1.807, 2.05) is 27.7 Å². The molecular weight excluding hydrogens is 1100 g/mol. The first kappa shape index (κ1) is 81.8. The minimum Gasteiger partial charge on any atom is -0.481 e. The van der Waals surface area contributed by atoms with Crippen molar-refractivity contribution >= 4 is 79.5 Å². The second kappa shape index (κ2) is 37.8. The average Bonchev–Trinajstić information content (AvgIpc) is 3.54. The number of carboxylic acids is 2. The van der Waals surface area contributed by atoms with Gasteiger partial charge in [-0.25, -0.2) is 14.4 Å². The Kier molecular flexibility index (Phi) is 36.8. The molecule has 12 N–H and O–H groups in total. The van der Waals surface area contributed by atoms with Crippen LogP contribution in [0, 0.1) is 23.7 Å². The number of carbonyl (C=O) groups is 11. The van der Waals surface area contributed by atoms with Crippen LogP contribution in [-0.4, -0.2) is 173 Å². The molecule has 1 fully saturated rings. The highest BCUT2D eigenvalue weighted by Gasteiger charge is 2.51. The van der Waals surface area contributed by atoms with Crippen molar-refractivity contribution in [3.8, 4) is 0 Å². The van der Waals surface area contributed by atoms with Crippen LogP contribution < -0.4 is 37.6 Å². The summed E-state index contributed by atoms with van der Waals surface area (Å²) in [6, 6.07) is -4.61. The fourth-order valence-electron chi connectivity index (χ4n) is 7.62. The zero-order chi connectivity index (χ0) is 66.5. The molecule has 1 aliphatic heterocycles. The largest absolute Gasteiger partial charge is 0.481 e. The van der Waals surface area contributed by atoms with Gasteiger partial charge < -0.3 is 81.4 Å². The van der Waals surface area contributed by atoms with E-state index in [1.54, 1.807) is 62.3 Å². The molecule has 1 unspecified atom stereocenters. The Morgan fingerprint density at radius 3 is 1.15 bits per heavy atom. The molecule has 0 radical (unpaired) electrons. The molecule has 1 saturated heterocycles. The van der Waals surface area contributed by atoms with Crippen LogP contribution in [-0.2, 0) is 76.3 Å². The van der Waals surface area contributed by atoms with Gasteiger partial charge in [-0.2, -0.15) is 0 Å². The van der Waals surface area contributed by atoms with E-state index in [9.17, 15) is 52.7 Å². The van der Waals surface area contributed by atoms with Crippen molar-refractivity contribution in [2.24, 2.45) is 29.4 Å². The summed E-state index contributed by atoms with van der Waals surface area (Å²) in [5.74, 6) is -10.4. The number of hydrogen-bond donors (Lipinski definition) is 11. The van der Waals surface area contributed by atoms with E-state index in [1.165, 1.54) is 54.1 Å². The predicted molar refractivity (Wildman–Crippen MR) is 314 cm³/mol. The van der Waals surface area contributed by atoms with Crippen LogP contribution in [0.25, 0.3) is 0 Å². The van der Waals surface area contributed by atoms with Crippen LogP contribution in [0.1, 0.15) is 149 Å². The first-order chi connectivity index (χ1) is 38.2. The fourth-order valence-corrected chi connectivity index (χ4v) is 7.62. The van der Waals surface area contributed by atoms with Crippen LogP contribution in [0.5, 0.6) is 0 Å². The molecule has 0 saturated carbocycles. The predicted octanol–water partition coefficient (Wildman–Crippen LogP) is 1.96. The van der Waals surface area contributed by atoms with Gasteiger partial charge in [-0.1, -0.05) is 25.0 Å². The van der Waals surface area contributed by atoms with Crippen molar-refractivity contribution < 1.29 is 96.5 Å². The topological polar surface area (TPSA) is 413 Å². The van der Waals surface area contributed by atoms with Crippen molar-refractivity contribution in [3.05, 3.63) is 25.3 Å². The molecule has 1 heterocycles. The molecule has 480 valence electrons. The van der Waals surface area contributed by atoms with Crippen molar-refractivity contribution in [1.82, 2.24) is 31.9 Å². The van der Waals surface area contributed by atoms with Crippen LogP contribution in [0.15, 0.2) is 25.3 Å². The molecule has 27 nitrogen and oxygen atoms in total. The van der Waals surface area contributed by atoms with Crippen molar-refractivity contribution in [2.75, 3.05) is 21.1 Å². The lowest BCUT2D eigenvalue weighted by atomic mass is 9.80. The number of ether oxygens (including phenoxy) is 3. The highest BCUT2D eigenvalue weighted by Crippen LogP contribution is 2.38. The number of amides is 6. The van der Waals surface area contributed by atoms with Gasteiger partial charge in [0, 0.05) is 41.9 Å². The van der Waals surface area contributed by atoms with Crippen LogP contribution >= 0.6 is 0 Å². The summed E-state index contributed by atoms with van der Waals surface area (Å²) in [5.41, 5.74) is 2.33. The Bertz CT molecular complexity index is 2190. The molecule has 8 atom stereocenters. The lowest BCUT2D eigenvalue weighted by Gasteiger charge is -2.32. The first-order valence-corrected chi connectivity index (χ1v) is 27.5. The Labute approximate surface area is 496 Å². The van der Waals surface area contributed by atoms with Crippen LogP contribution in [0.2, 0.25) is 12.6 Å². The zero-order valence-corrected chi connectivity index (χ0v) is 52.9. The maximum atomic E-state index is 12.7. The number of rotatable bonds is 27. The zero-order valence-electron chi connectivity index (χ0n) is 52.9.